The van der Waals surface area contributed by atoms with E-state index in [2.05, 4.69) is 27.7 Å². The molecule has 2 aliphatic rings. The van der Waals surface area contributed by atoms with E-state index < -0.39 is 8.56 Å². The molecular weight excluding hydrogens is 204 g/mol. The van der Waals surface area contributed by atoms with E-state index in [1.54, 1.807) is 0 Å². The first-order chi connectivity index (χ1) is 6.83. The molecule has 0 atom stereocenters. The Labute approximate surface area is 94.6 Å². The standard InChI is InChI=1S/C12H24O2Si/c1-11(2)7-5-9-15(13-11)10-6-8-12(3,4)14-15/h5-10H2,1-4H3. The van der Waals surface area contributed by atoms with Crippen molar-refractivity contribution >= 4 is 8.56 Å². The molecule has 88 valence electrons. The molecule has 0 radical (unpaired) electrons. The predicted octanol–water partition coefficient (Wildman–Crippen LogP) is 3.61. The lowest BCUT2D eigenvalue weighted by Gasteiger charge is -2.49. The van der Waals surface area contributed by atoms with E-state index in [0.717, 1.165) is 0 Å². The second-order valence-corrected chi connectivity index (χ2v) is 9.57. The smallest absolute Gasteiger partial charge is 0.338 e. The van der Waals surface area contributed by atoms with Gasteiger partial charge in [-0.25, -0.2) is 0 Å². The third-order valence-electron chi connectivity index (χ3n) is 3.60. The van der Waals surface area contributed by atoms with E-state index in [-0.39, 0.29) is 11.2 Å². The molecule has 0 aromatic heterocycles. The fraction of sp³-hybridized carbons (Fsp3) is 1.00. The molecule has 0 unspecified atom stereocenters. The number of hydrogen-bond donors (Lipinski definition) is 0. The van der Waals surface area contributed by atoms with Gasteiger partial charge < -0.3 is 8.85 Å². The summed E-state index contributed by atoms with van der Waals surface area (Å²) in [6.45, 7) is 8.86. The fourth-order valence-corrected chi connectivity index (χ4v) is 7.38. The van der Waals surface area contributed by atoms with Crippen molar-refractivity contribution in [3.63, 3.8) is 0 Å². The van der Waals surface area contributed by atoms with Crippen LogP contribution in [0.25, 0.3) is 0 Å². The predicted molar refractivity (Wildman–Crippen MR) is 64.2 cm³/mol. The molecule has 1 spiro atoms. The lowest BCUT2D eigenvalue weighted by Crippen LogP contribution is -2.57. The SMILES string of the molecule is CC1(C)CCC[Si]2(CCCC(C)(C)O2)O1. The van der Waals surface area contributed by atoms with Crippen molar-refractivity contribution in [2.24, 2.45) is 0 Å². The van der Waals surface area contributed by atoms with Gasteiger partial charge in [-0.15, -0.1) is 0 Å². The molecule has 0 saturated carbocycles. The van der Waals surface area contributed by atoms with Gasteiger partial charge in [0.1, 0.15) is 0 Å². The van der Waals surface area contributed by atoms with E-state index in [9.17, 15) is 0 Å². The molecule has 0 amide bonds. The zero-order valence-electron chi connectivity index (χ0n) is 10.6. The van der Waals surface area contributed by atoms with Crippen LogP contribution in [0, 0.1) is 0 Å². The Kier molecular flexibility index (Phi) is 2.77. The van der Waals surface area contributed by atoms with Crippen LogP contribution in [0.3, 0.4) is 0 Å². The molecule has 0 aromatic rings. The van der Waals surface area contributed by atoms with E-state index in [1.807, 2.05) is 0 Å². The Bertz CT molecular complexity index is 222. The quantitative estimate of drug-likeness (QED) is 0.590. The summed E-state index contributed by atoms with van der Waals surface area (Å²) in [5.74, 6) is 0. The maximum Gasteiger partial charge on any atom is 0.338 e. The van der Waals surface area contributed by atoms with Gasteiger partial charge in [-0.05, 0) is 65.5 Å². The first-order valence-corrected chi connectivity index (χ1v) is 8.46. The van der Waals surface area contributed by atoms with E-state index in [4.69, 9.17) is 8.85 Å². The van der Waals surface area contributed by atoms with Gasteiger partial charge in [-0.2, -0.15) is 0 Å². The van der Waals surface area contributed by atoms with Gasteiger partial charge in [0, 0.05) is 0 Å². The van der Waals surface area contributed by atoms with Crippen LogP contribution < -0.4 is 0 Å². The van der Waals surface area contributed by atoms with Gasteiger partial charge in [0.15, 0.2) is 0 Å². The van der Waals surface area contributed by atoms with Crippen molar-refractivity contribution in [2.45, 2.75) is 76.7 Å². The second-order valence-electron chi connectivity index (χ2n) is 6.34. The van der Waals surface area contributed by atoms with Gasteiger partial charge in [-0.3, -0.25) is 0 Å². The summed E-state index contributed by atoms with van der Waals surface area (Å²) in [4.78, 5) is 0. The molecule has 2 fully saturated rings. The lowest BCUT2D eigenvalue weighted by atomic mass is 10.0. The normalized spacial score (nSPS) is 32.8. The van der Waals surface area contributed by atoms with E-state index in [1.165, 1.54) is 37.8 Å². The molecule has 0 N–H and O–H groups in total. The Balaban J connectivity index is 2.12. The highest BCUT2D eigenvalue weighted by molar-refractivity contribution is 6.68. The van der Waals surface area contributed by atoms with Gasteiger partial charge in [-0.1, -0.05) is 0 Å². The van der Waals surface area contributed by atoms with Crippen LogP contribution in [0.4, 0.5) is 0 Å². The average molecular weight is 228 g/mol. The largest absolute Gasteiger partial charge is 0.389 e. The Morgan fingerprint density at radius 2 is 1.20 bits per heavy atom. The molecule has 15 heavy (non-hydrogen) atoms. The van der Waals surface area contributed by atoms with Crippen molar-refractivity contribution in [1.82, 2.24) is 0 Å². The molecule has 2 rings (SSSR count). The minimum atomic E-state index is -1.84. The number of hydrogen-bond acceptors (Lipinski definition) is 2. The lowest BCUT2D eigenvalue weighted by molar-refractivity contribution is -0.0341. The summed E-state index contributed by atoms with van der Waals surface area (Å²) in [5.41, 5.74) is 0.107. The molecule has 2 heterocycles. The van der Waals surface area contributed by atoms with Crippen molar-refractivity contribution in [1.29, 1.82) is 0 Å². The zero-order valence-corrected chi connectivity index (χ0v) is 11.6. The molecule has 3 heteroatoms. The first kappa shape index (κ1) is 11.6. The highest BCUT2D eigenvalue weighted by Gasteiger charge is 2.50. The van der Waals surface area contributed by atoms with Gasteiger partial charge in [0.2, 0.25) is 0 Å². The highest BCUT2D eigenvalue weighted by Crippen LogP contribution is 2.43. The van der Waals surface area contributed by atoms with Gasteiger partial charge in [0.25, 0.3) is 0 Å². The topological polar surface area (TPSA) is 18.5 Å². The summed E-state index contributed by atoms with van der Waals surface area (Å²) in [6, 6.07) is 2.42. The molecule has 2 aliphatic heterocycles. The zero-order chi connectivity index (χ0) is 11.2. The highest BCUT2D eigenvalue weighted by atomic mass is 28.4. The van der Waals surface area contributed by atoms with Crippen molar-refractivity contribution in [3.8, 4) is 0 Å². The van der Waals surface area contributed by atoms with Crippen LogP contribution >= 0.6 is 0 Å². The molecule has 2 nitrogen and oxygen atoms in total. The molecule has 0 aromatic carbocycles. The molecule has 0 bridgehead atoms. The average Bonchev–Trinajstić information content (AvgIpc) is 1.98. The minimum Gasteiger partial charge on any atom is -0.389 e. The van der Waals surface area contributed by atoms with Gasteiger partial charge >= 0.3 is 8.56 Å². The van der Waals surface area contributed by atoms with Crippen molar-refractivity contribution in [2.75, 3.05) is 0 Å². The fourth-order valence-electron chi connectivity index (χ4n) is 3.03. The summed E-state index contributed by atoms with van der Waals surface area (Å²) < 4.78 is 12.7. The third-order valence-corrected chi connectivity index (χ3v) is 7.68. The van der Waals surface area contributed by atoms with Crippen LogP contribution in [0.2, 0.25) is 12.1 Å². The van der Waals surface area contributed by atoms with Crippen LogP contribution in [-0.2, 0) is 8.85 Å². The summed E-state index contributed by atoms with van der Waals surface area (Å²) in [5, 5.41) is 0. The molecule has 2 saturated heterocycles. The van der Waals surface area contributed by atoms with Crippen molar-refractivity contribution in [3.05, 3.63) is 0 Å². The molecular formula is C12H24O2Si. The van der Waals surface area contributed by atoms with Crippen LogP contribution in [0.5, 0.6) is 0 Å². The Morgan fingerprint density at radius 3 is 1.53 bits per heavy atom. The maximum atomic E-state index is 6.35. The summed E-state index contributed by atoms with van der Waals surface area (Å²) in [7, 11) is -1.84. The van der Waals surface area contributed by atoms with Crippen LogP contribution in [0.1, 0.15) is 53.4 Å². The molecule has 0 aliphatic carbocycles. The third kappa shape index (κ3) is 2.63. The van der Waals surface area contributed by atoms with Crippen LogP contribution in [-0.4, -0.2) is 19.8 Å². The monoisotopic (exact) mass is 228 g/mol. The van der Waals surface area contributed by atoms with Crippen molar-refractivity contribution < 1.29 is 8.85 Å². The van der Waals surface area contributed by atoms with E-state index in [0.29, 0.717) is 0 Å². The first-order valence-electron chi connectivity index (χ1n) is 6.23. The van der Waals surface area contributed by atoms with Crippen LogP contribution in [0.15, 0.2) is 0 Å². The minimum absolute atomic E-state index is 0.0535. The van der Waals surface area contributed by atoms with E-state index >= 15 is 0 Å². The maximum absolute atomic E-state index is 6.35. The summed E-state index contributed by atoms with van der Waals surface area (Å²) in [6.07, 6.45) is 4.95. The second kappa shape index (κ2) is 3.57. The Morgan fingerprint density at radius 1 is 0.800 bits per heavy atom. The van der Waals surface area contributed by atoms with Gasteiger partial charge in [0.05, 0.1) is 11.2 Å². The Hall–Kier alpha value is 0.137. The number of rotatable bonds is 0. The summed E-state index contributed by atoms with van der Waals surface area (Å²) >= 11 is 0.